The van der Waals surface area contributed by atoms with Gasteiger partial charge in [-0.25, -0.2) is 0 Å². The highest BCUT2D eigenvalue weighted by atomic mass is 16.7. The zero-order valence-electron chi connectivity index (χ0n) is 26.5. The van der Waals surface area contributed by atoms with Crippen molar-refractivity contribution in [1.29, 1.82) is 0 Å². The number of Topliss-reactive ketones (excluding diaryl/α,β-unsaturated/α-hetero) is 1. The fourth-order valence-electron chi connectivity index (χ4n) is 6.72. The number of hydrogen-bond acceptors (Lipinski definition) is 11. The molecule has 13 atom stereocenters. The Kier molecular flexibility index (Phi) is 11.8. The monoisotopic (exact) mass is 624 g/mol. The molecule has 4 bridgehead atoms. The summed E-state index contributed by atoms with van der Waals surface area (Å²) in [7, 11) is 0. The first-order chi connectivity index (χ1) is 20.7. The van der Waals surface area contributed by atoms with Crippen LogP contribution in [0.25, 0.3) is 0 Å². The standard InChI is InChI=1S/C33H52O11/c1-6-7-8-25-26-11-9-21(41-26)15-22-10-12-27(36)33(40,44-22)28(37)14-17(2)13-18(3)23(34)16-24(35)19(4)30-31(43-30)29(38)20(5)32(39)42-25/h13,18,20-22,24-31,35-38,40H,4,6-12,14-16H2,1-3,5H3/b17-13+/t18?,20-,21-,22-,24+,25-,26-,27-,28-,29-,30+,31+,33-/m1/s1. The van der Waals surface area contributed by atoms with E-state index in [1.165, 1.54) is 0 Å². The van der Waals surface area contributed by atoms with E-state index in [9.17, 15) is 35.1 Å². The Bertz CT molecular complexity index is 1060. The van der Waals surface area contributed by atoms with Gasteiger partial charge in [0.05, 0.1) is 36.4 Å². The first-order valence-electron chi connectivity index (χ1n) is 16.3. The Morgan fingerprint density at radius 1 is 0.977 bits per heavy atom. The van der Waals surface area contributed by atoms with Crippen LogP contribution in [0, 0.1) is 11.8 Å². The SMILES string of the molecule is C=C1[C@@H](O)CC(=O)C(C)/C=C(\C)C[C@@H](O)[C@]2(O)O[C@H](CC[C@H]2O)C[C@H]2CC[C@@H](O2)[C@@H](CCCC)OC(=O)[C@H](C)[C@@H](O)[C@@H]2O[C@@H]12. The van der Waals surface area contributed by atoms with Gasteiger partial charge in [0.25, 0.3) is 0 Å². The molecule has 0 aliphatic carbocycles. The summed E-state index contributed by atoms with van der Waals surface area (Å²) in [5.41, 5.74) is 0.861. The Labute approximate surface area is 260 Å². The number of carbonyl (C=O) groups excluding carboxylic acids is 2. The number of rotatable bonds is 3. The highest BCUT2D eigenvalue weighted by Crippen LogP contribution is 2.39. The van der Waals surface area contributed by atoms with Crippen LogP contribution in [-0.4, -0.2) is 104 Å². The maximum absolute atomic E-state index is 13.2. The molecule has 5 N–H and O–H groups in total. The second-order valence-corrected chi connectivity index (χ2v) is 13.4. The van der Waals surface area contributed by atoms with Gasteiger partial charge < -0.3 is 44.5 Å². The molecule has 11 nitrogen and oxygen atoms in total. The van der Waals surface area contributed by atoms with Gasteiger partial charge in [0.1, 0.15) is 36.3 Å². The topological polar surface area (TPSA) is 176 Å². The molecule has 0 amide bonds. The minimum atomic E-state index is -2.19. The van der Waals surface area contributed by atoms with Crippen LogP contribution in [0.4, 0.5) is 0 Å². The fraction of sp³-hybridized carbons (Fsp3) is 0.818. The number of ether oxygens (including phenoxy) is 4. The summed E-state index contributed by atoms with van der Waals surface area (Å²) in [6.07, 6.45) is -1.92. The molecule has 44 heavy (non-hydrogen) atoms. The number of aliphatic hydroxyl groups is 5. The van der Waals surface area contributed by atoms with Crippen LogP contribution >= 0.6 is 0 Å². The zero-order chi connectivity index (χ0) is 32.3. The molecule has 3 fully saturated rings. The predicted molar refractivity (Wildman–Crippen MR) is 159 cm³/mol. The van der Waals surface area contributed by atoms with Crippen LogP contribution in [0.1, 0.15) is 91.9 Å². The van der Waals surface area contributed by atoms with E-state index in [4.69, 9.17) is 18.9 Å². The second-order valence-electron chi connectivity index (χ2n) is 13.4. The molecule has 0 saturated carbocycles. The molecule has 3 saturated heterocycles. The molecule has 4 aliphatic rings. The van der Waals surface area contributed by atoms with Crippen molar-refractivity contribution in [3.05, 3.63) is 23.8 Å². The van der Waals surface area contributed by atoms with E-state index in [-0.39, 0.29) is 42.8 Å². The van der Waals surface area contributed by atoms with Crippen LogP contribution in [-0.2, 0) is 28.5 Å². The quantitative estimate of drug-likeness (QED) is 0.177. The van der Waals surface area contributed by atoms with E-state index >= 15 is 0 Å². The van der Waals surface area contributed by atoms with Gasteiger partial charge >= 0.3 is 5.97 Å². The lowest BCUT2D eigenvalue weighted by atomic mass is 9.88. The summed E-state index contributed by atoms with van der Waals surface area (Å²) in [4.78, 5) is 26.1. The first kappa shape index (κ1) is 35.2. The van der Waals surface area contributed by atoms with Crippen molar-refractivity contribution in [3.63, 3.8) is 0 Å². The van der Waals surface area contributed by atoms with Gasteiger partial charge in [-0.3, -0.25) is 9.59 Å². The number of allylic oxidation sites excluding steroid dienone is 1. The van der Waals surface area contributed by atoms with Gasteiger partial charge in [-0.15, -0.1) is 0 Å². The van der Waals surface area contributed by atoms with Crippen molar-refractivity contribution in [2.24, 2.45) is 11.8 Å². The maximum Gasteiger partial charge on any atom is 0.311 e. The van der Waals surface area contributed by atoms with Crippen LogP contribution in [0.3, 0.4) is 0 Å². The van der Waals surface area contributed by atoms with Gasteiger partial charge in [-0.2, -0.15) is 0 Å². The molecule has 0 spiro atoms. The molecule has 0 aromatic carbocycles. The average Bonchev–Trinajstić information content (AvgIpc) is 3.65. The minimum absolute atomic E-state index is 0.0344. The summed E-state index contributed by atoms with van der Waals surface area (Å²) < 4.78 is 23.8. The van der Waals surface area contributed by atoms with Gasteiger partial charge in [0, 0.05) is 12.3 Å². The number of ketones is 1. The Morgan fingerprint density at radius 3 is 2.39 bits per heavy atom. The van der Waals surface area contributed by atoms with Crippen molar-refractivity contribution in [3.8, 4) is 0 Å². The number of hydrogen-bond donors (Lipinski definition) is 5. The summed E-state index contributed by atoms with van der Waals surface area (Å²) in [6.45, 7) is 10.9. The van der Waals surface area contributed by atoms with Gasteiger partial charge in [0.2, 0.25) is 5.79 Å². The highest BCUT2D eigenvalue weighted by molar-refractivity contribution is 5.83. The third kappa shape index (κ3) is 8.17. The Balaban J connectivity index is 1.55. The van der Waals surface area contributed by atoms with E-state index in [1.807, 2.05) is 6.92 Å². The van der Waals surface area contributed by atoms with Crippen LogP contribution in [0.15, 0.2) is 23.8 Å². The van der Waals surface area contributed by atoms with Crippen molar-refractivity contribution >= 4 is 11.8 Å². The van der Waals surface area contributed by atoms with Crippen molar-refractivity contribution in [2.75, 3.05) is 0 Å². The molecular weight excluding hydrogens is 572 g/mol. The van der Waals surface area contributed by atoms with Crippen molar-refractivity contribution in [2.45, 2.75) is 159 Å². The van der Waals surface area contributed by atoms with Gasteiger partial charge in [-0.05, 0) is 70.8 Å². The lowest BCUT2D eigenvalue weighted by Gasteiger charge is -2.44. The third-order valence-corrected chi connectivity index (χ3v) is 9.75. The molecule has 11 heteroatoms. The van der Waals surface area contributed by atoms with E-state index in [1.54, 1.807) is 26.8 Å². The molecule has 250 valence electrons. The lowest BCUT2D eigenvalue weighted by molar-refractivity contribution is -0.337. The van der Waals surface area contributed by atoms with E-state index in [0.717, 1.165) is 12.8 Å². The zero-order valence-corrected chi connectivity index (χ0v) is 26.5. The highest BCUT2D eigenvalue weighted by Gasteiger charge is 2.52. The van der Waals surface area contributed by atoms with Crippen LogP contribution < -0.4 is 0 Å². The van der Waals surface area contributed by atoms with E-state index in [2.05, 4.69) is 6.58 Å². The van der Waals surface area contributed by atoms with Crippen LogP contribution in [0.5, 0.6) is 0 Å². The molecule has 0 aromatic heterocycles. The molecule has 1 unspecified atom stereocenters. The van der Waals surface area contributed by atoms with Gasteiger partial charge in [0.15, 0.2) is 0 Å². The van der Waals surface area contributed by atoms with E-state index in [0.29, 0.717) is 37.7 Å². The Hall–Kier alpha value is -1.70. The van der Waals surface area contributed by atoms with Crippen molar-refractivity contribution < 1.29 is 54.1 Å². The Morgan fingerprint density at radius 2 is 1.68 bits per heavy atom. The number of fused-ring (bicyclic) bond motifs is 5. The first-order valence-corrected chi connectivity index (χ1v) is 16.3. The molecule has 4 rings (SSSR count). The lowest BCUT2D eigenvalue weighted by Crippen LogP contribution is -2.59. The second kappa shape index (κ2) is 14.8. The summed E-state index contributed by atoms with van der Waals surface area (Å²) in [5.74, 6) is -4.56. The fourth-order valence-corrected chi connectivity index (χ4v) is 6.72. The molecule has 4 heterocycles. The number of unbranched alkanes of at least 4 members (excludes halogenated alkanes) is 1. The molecule has 0 aromatic rings. The van der Waals surface area contributed by atoms with Crippen molar-refractivity contribution in [1.82, 2.24) is 0 Å². The number of cyclic esters (lactones) is 1. The average molecular weight is 625 g/mol. The van der Waals surface area contributed by atoms with Crippen LogP contribution in [0.2, 0.25) is 0 Å². The minimum Gasteiger partial charge on any atom is -0.459 e. The third-order valence-electron chi connectivity index (χ3n) is 9.75. The predicted octanol–water partition coefficient (Wildman–Crippen LogP) is 2.24. The van der Waals surface area contributed by atoms with E-state index < -0.39 is 72.4 Å². The summed E-state index contributed by atoms with van der Waals surface area (Å²) in [5, 5.41) is 54.7. The molecule has 0 radical (unpaired) electrons. The largest absolute Gasteiger partial charge is 0.459 e. The maximum atomic E-state index is 13.2. The normalized spacial score (nSPS) is 46.0. The molecular formula is C33H52O11. The smallest absolute Gasteiger partial charge is 0.311 e. The van der Waals surface area contributed by atoms with Gasteiger partial charge in [-0.1, -0.05) is 38.5 Å². The molecule has 4 aliphatic heterocycles. The number of esters is 1. The summed E-state index contributed by atoms with van der Waals surface area (Å²) >= 11 is 0. The number of aliphatic hydroxyl groups excluding tert-OH is 4. The number of epoxide rings is 1. The summed E-state index contributed by atoms with van der Waals surface area (Å²) in [6, 6.07) is 0. The number of carbonyl (C=O) groups is 2.